The Hall–Kier alpha value is -0.500. The van der Waals surface area contributed by atoms with Crippen molar-refractivity contribution < 1.29 is 0 Å². The van der Waals surface area contributed by atoms with Crippen molar-refractivity contribution in [3.63, 3.8) is 0 Å². The van der Waals surface area contributed by atoms with Crippen molar-refractivity contribution in [2.24, 2.45) is 0 Å². The summed E-state index contributed by atoms with van der Waals surface area (Å²) in [5.41, 5.74) is 1.95. The van der Waals surface area contributed by atoms with E-state index in [0.717, 1.165) is 29.7 Å². The molecule has 16 heavy (non-hydrogen) atoms. The first kappa shape index (κ1) is 12.0. The van der Waals surface area contributed by atoms with Crippen molar-refractivity contribution in [1.29, 1.82) is 5.26 Å². The monoisotopic (exact) mass is 296 g/mol. The number of rotatable bonds is 2. The van der Waals surface area contributed by atoms with Gasteiger partial charge in [0.2, 0.25) is 0 Å². The lowest BCUT2D eigenvalue weighted by molar-refractivity contribution is 0.294. The Morgan fingerprint density at radius 2 is 2.12 bits per heavy atom. The second kappa shape index (κ2) is 5.72. The lowest BCUT2D eigenvalue weighted by Crippen LogP contribution is -2.32. The minimum atomic E-state index is 0.740. The topological polar surface area (TPSA) is 27.0 Å². The van der Waals surface area contributed by atoms with Gasteiger partial charge in [0, 0.05) is 35.6 Å². The van der Waals surface area contributed by atoms with Crippen molar-refractivity contribution in [2.45, 2.75) is 6.54 Å². The van der Waals surface area contributed by atoms with Gasteiger partial charge in [-0.25, -0.2) is 0 Å². The molecule has 1 fully saturated rings. The highest BCUT2D eigenvalue weighted by Gasteiger charge is 2.12. The van der Waals surface area contributed by atoms with E-state index in [-0.39, 0.29) is 0 Å². The molecule has 0 spiro atoms. The molecule has 0 amide bonds. The Morgan fingerprint density at radius 3 is 2.81 bits per heavy atom. The summed E-state index contributed by atoms with van der Waals surface area (Å²) in [5.74, 6) is 2.44. The van der Waals surface area contributed by atoms with E-state index in [1.54, 1.807) is 0 Å². The van der Waals surface area contributed by atoms with E-state index in [0.29, 0.717) is 0 Å². The van der Waals surface area contributed by atoms with Crippen molar-refractivity contribution in [3.05, 3.63) is 33.8 Å². The van der Waals surface area contributed by atoms with Gasteiger partial charge in [-0.3, -0.25) is 4.90 Å². The molecule has 0 bridgehead atoms. The zero-order valence-electron chi connectivity index (χ0n) is 8.95. The second-order valence-electron chi connectivity index (χ2n) is 3.81. The van der Waals surface area contributed by atoms with Gasteiger partial charge in [-0.15, -0.1) is 0 Å². The largest absolute Gasteiger partial charge is 0.297 e. The summed E-state index contributed by atoms with van der Waals surface area (Å²) >= 11 is 5.56. The number of hydrogen-bond acceptors (Lipinski definition) is 3. The first-order chi connectivity index (χ1) is 7.79. The molecule has 84 valence electrons. The van der Waals surface area contributed by atoms with Gasteiger partial charge in [-0.05, 0) is 23.8 Å². The molecule has 1 aromatic rings. The zero-order chi connectivity index (χ0) is 11.4. The minimum Gasteiger partial charge on any atom is -0.297 e. The second-order valence-corrected chi connectivity index (χ2v) is 5.89. The van der Waals surface area contributed by atoms with Crippen LogP contribution in [0.3, 0.4) is 0 Å². The minimum absolute atomic E-state index is 0.740. The highest BCUT2D eigenvalue weighted by Crippen LogP contribution is 2.21. The maximum atomic E-state index is 8.88. The summed E-state index contributed by atoms with van der Waals surface area (Å²) < 4.78 is 1.10. The summed E-state index contributed by atoms with van der Waals surface area (Å²) in [6.07, 6.45) is 0. The molecule has 0 saturated carbocycles. The average Bonchev–Trinajstić information content (AvgIpc) is 2.33. The van der Waals surface area contributed by atoms with E-state index in [1.807, 2.05) is 30.0 Å². The molecule has 2 nitrogen and oxygen atoms in total. The van der Waals surface area contributed by atoms with Gasteiger partial charge in [-0.2, -0.15) is 17.0 Å². The molecular formula is C12H13BrN2S. The Kier molecular flexibility index (Phi) is 4.28. The first-order valence-corrected chi connectivity index (χ1v) is 7.23. The maximum Gasteiger partial charge on any atom is 0.0991 e. The average molecular weight is 297 g/mol. The number of hydrogen-bond donors (Lipinski definition) is 0. The third-order valence-corrected chi connectivity index (χ3v) is 4.39. The van der Waals surface area contributed by atoms with Crippen molar-refractivity contribution in [2.75, 3.05) is 24.6 Å². The Labute approximate surface area is 109 Å². The van der Waals surface area contributed by atoms with Crippen LogP contribution in [-0.2, 0) is 6.54 Å². The van der Waals surface area contributed by atoms with Crippen LogP contribution in [0.5, 0.6) is 0 Å². The molecule has 4 heteroatoms. The van der Waals surface area contributed by atoms with Gasteiger partial charge < -0.3 is 0 Å². The fourth-order valence-corrected chi connectivity index (χ4v) is 3.12. The number of nitriles is 1. The lowest BCUT2D eigenvalue weighted by atomic mass is 10.1. The van der Waals surface area contributed by atoms with Crippen LogP contribution < -0.4 is 0 Å². The number of nitrogens with zero attached hydrogens (tertiary/aromatic N) is 2. The summed E-state index contributed by atoms with van der Waals surface area (Å²) in [7, 11) is 0. The maximum absolute atomic E-state index is 8.88. The molecular weight excluding hydrogens is 284 g/mol. The third kappa shape index (κ3) is 3.00. The van der Waals surface area contributed by atoms with Crippen LogP contribution in [0, 0.1) is 11.3 Å². The van der Waals surface area contributed by atoms with Crippen molar-refractivity contribution in [3.8, 4) is 6.07 Å². The van der Waals surface area contributed by atoms with Crippen LogP contribution in [0.25, 0.3) is 0 Å². The van der Waals surface area contributed by atoms with Crippen LogP contribution in [0.4, 0.5) is 0 Å². The van der Waals surface area contributed by atoms with Crippen molar-refractivity contribution >= 4 is 27.7 Å². The lowest BCUT2D eigenvalue weighted by Gasteiger charge is -2.26. The van der Waals surface area contributed by atoms with Crippen LogP contribution in [0.15, 0.2) is 22.7 Å². The molecule has 1 aliphatic heterocycles. The molecule has 0 atom stereocenters. The molecule has 0 radical (unpaired) electrons. The zero-order valence-corrected chi connectivity index (χ0v) is 11.4. The molecule has 1 saturated heterocycles. The Balaban J connectivity index is 2.10. The summed E-state index contributed by atoms with van der Waals surface area (Å²) in [4.78, 5) is 2.44. The van der Waals surface area contributed by atoms with Gasteiger partial charge >= 0.3 is 0 Å². The van der Waals surface area contributed by atoms with E-state index in [1.165, 1.54) is 17.1 Å². The SMILES string of the molecule is N#Cc1ccc(Br)c(CN2CCSCC2)c1. The van der Waals surface area contributed by atoms with Gasteiger partial charge in [0.1, 0.15) is 0 Å². The number of halogens is 1. The highest BCUT2D eigenvalue weighted by atomic mass is 79.9. The summed E-state index contributed by atoms with van der Waals surface area (Å²) in [6.45, 7) is 3.23. The van der Waals surface area contributed by atoms with E-state index in [9.17, 15) is 0 Å². The van der Waals surface area contributed by atoms with E-state index in [4.69, 9.17) is 5.26 Å². The molecule has 2 rings (SSSR count). The number of benzene rings is 1. The number of thioether (sulfide) groups is 1. The predicted octanol–water partition coefficient (Wildman–Crippen LogP) is 2.87. The normalized spacial score (nSPS) is 17.0. The van der Waals surface area contributed by atoms with E-state index in [2.05, 4.69) is 26.9 Å². The smallest absolute Gasteiger partial charge is 0.0991 e. The third-order valence-electron chi connectivity index (χ3n) is 2.67. The van der Waals surface area contributed by atoms with Gasteiger partial charge in [-0.1, -0.05) is 15.9 Å². The quantitative estimate of drug-likeness (QED) is 0.840. The summed E-state index contributed by atoms with van der Waals surface area (Å²) in [5, 5.41) is 8.88. The van der Waals surface area contributed by atoms with Gasteiger partial charge in [0.25, 0.3) is 0 Å². The summed E-state index contributed by atoms with van der Waals surface area (Å²) in [6, 6.07) is 7.98. The van der Waals surface area contributed by atoms with Crippen LogP contribution >= 0.6 is 27.7 Å². The molecule has 0 unspecified atom stereocenters. The van der Waals surface area contributed by atoms with Crippen LogP contribution in [0.2, 0.25) is 0 Å². The van der Waals surface area contributed by atoms with E-state index >= 15 is 0 Å². The molecule has 1 heterocycles. The Bertz CT molecular complexity index is 408. The molecule has 1 aliphatic rings. The van der Waals surface area contributed by atoms with Crippen molar-refractivity contribution in [1.82, 2.24) is 4.90 Å². The standard InChI is InChI=1S/C12H13BrN2S/c13-12-2-1-10(8-14)7-11(12)9-15-3-5-16-6-4-15/h1-2,7H,3-6,9H2. The van der Waals surface area contributed by atoms with Gasteiger partial charge in [0.15, 0.2) is 0 Å². The van der Waals surface area contributed by atoms with Gasteiger partial charge in [0.05, 0.1) is 11.6 Å². The first-order valence-electron chi connectivity index (χ1n) is 5.28. The fraction of sp³-hybridized carbons (Fsp3) is 0.417. The molecule has 0 aliphatic carbocycles. The molecule has 1 aromatic carbocycles. The predicted molar refractivity (Wildman–Crippen MR) is 71.5 cm³/mol. The van der Waals surface area contributed by atoms with Crippen LogP contribution in [-0.4, -0.2) is 29.5 Å². The van der Waals surface area contributed by atoms with Crippen LogP contribution in [0.1, 0.15) is 11.1 Å². The Morgan fingerprint density at radius 1 is 1.38 bits per heavy atom. The van der Waals surface area contributed by atoms with E-state index < -0.39 is 0 Å². The highest BCUT2D eigenvalue weighted by molar-refractivity contribution is 9.10. The fourth-order valence-electron chi connectivity index (χ4n) is 1.77. The molecule has 0 N–H and O–H groups in total. The molecule has 0 aromatic heterocycles.